The van der Waals surface area contributed by atoms with Gasteiger partial charge in [-0.3, -0.25) is 4.79 Å². The molecule has 3 aromatic rings. The van der Waals surface area contributed by atoms with Crippen molar-refractivity contribution in [1.82, 2.24) is 5.32 Å². The summed E-state index contributed by atoms with van der Waals surface area (Å²) in [6.07, 6.45) is 4.02. The van der Waals surface area contributed by atoms with Gasteiger partial charge in [-0.1, -0.05) is 35.9 Å². The summed E-state index contributed by atoms with van der Waals surface area (Å²) in [7, 11) is 1.66. The SMILES string of the molecule is COc1ccc2cc(C(C)C(=O)N[C@@H]3CC4(CCC4)Oc4ccc(Cl)cc43)ccc2c1. The van der Waals surface area contributed by atoms with E-state index in [9.17, 15) is 4.79 Å². The van der Waals surface area contributed by atoms with Gasteiger partial charge in [-0.15, -0.1) is 0 Å². The Kier molecular flexibility index (Phi) is 5.05. The van der Waals surface area contributed by atoms with Gasteiger partial charge in [0.1, 0.15) is 17.1 Å². The number of carbonyl (C=O) groups is 1. The van der Waals surface area contributed by atoms with Gasteiger partial charge < -0.3 is 14.8 Å². The Morgan fingerprint density at radius 3 is 2.65 bits per heavy atom. The zero-order valence-electron chi connectivity index (χ0n) is 17.8. The number of amides is 1. The van der Waals surface area contributed by atoms with Crippen molar-refractivity contribution >= 4 is 28.3 Å². The Hall–Kier alpha value is -2.72. The molecule has 1 amide bonds. The first-order chi connectivity index (χ1) is 15.0. The molecular formula is C26H26ClNO3. The molecule has 5 heteroatoms. The summed E-state index contributed by atoms with van der Waals surface area (Å²) in [6.45, 7) is 1.96. The maximum atomic E-state index is 13.3. The lowest BCUT2D eigenvalue weighted by atomic mass is 9.73. The van der Waals surface area contributed by atoms with Crippen LogP contribution in [0.5, 0.6) is 11.5 Å². The number of halogens is 1. The lowest BCUT2D eigenvalue weighted by Crippen LogP contribution is -2.50. The molecule has 1 spiro atoms. The first-order valence-corrected chi connectivity index (χ1v) is 11.2. The van der Waals surface area contributed by atoms with E-state index < -0.39 is 0 Å². The molecule has 1 aliphatic heterocycles. The van der Waals surface area contributed by atoms with E-state index in [1.165, 1.54) is 6.42 Å². The number of hydrogen-bond donors (Lipinski definition) is 1. The standard InChI is InChI=1S/C26H26ClNO3/c1-16(17-4-5-19-13-21(30-2)8-6-18(19)12-17)25(29)28-23-15-26(10-3-11-26)31-24-9-7-20(27)14-22(23)24/h4-9,12-14,16,23H,3,10-11,15H2,1-2H3,(H,28,29)/t16?,23-/m1/s1. The Bertz CT molecular complexity index is 1150. The van der Waals surface area contributed by atoms with Gasteiger partial charge in [-0.2, -0.15) is 0 Å². The topological polar surface area (TPSA) is 47.6 Å². The summed E-state index contributed by atoms with van der Waals surface area (Å²) in [6, 6.07) is 17.7. The molecule has 1 unspecified atom stereocenters. The van der Waals surface area contributed by atoms with E-state index in [4.69, 9.17) is 21.1 Å². The maximum Gasteiger partial charge on any atom is 0.227 e. The summed E-state index contributed by atoms with van der Waals surface area (Å²) in [4.78, 5) is 13.3. The Morgan fingerprint density at radius 1 is 1.13 bits per heavy atom. The molecule has 0 saturated heterocycles. The molecular weight excluding hydrogens is 410 g/mol. The Labute approximate surface area is 187 Å². The molecule has 160 valence electrons. The molecule has 2 aliphatic rings. The molecule has 5 rings (SSSR count). The van der Waals surface area contributed by atoms with Crippen LogP contribution in [0.2, 0.25) is 5.02 Å². The molecule has 3 aromatic carbocycles. The molecule has 1 aliphatic carbocycles. The first-order valence-electron chi connectivity index (χ1n) is 10.8. The number of rotatable bonds is 4. The highest BCUT2D eigenvalue weighted by Crippen LogP contribution is 2.49. The highest BCUT2D eigenvalue weighted by atomic mass is 35.5. The third-order valence-electron chi connectivity index (χ3n) is 6.80. The first kappa shape index (κ1) is 20.2. The minimum Gasteiger partial charge on any atom is -0.497 e. The van der Waals surface area contributed by atoms with Crippen LogP contribution < -0.4 is 14.8 Å². The van der Waals surface area contributed by atoms with Gasteiger partial charge in [0.05, 0.1) is 19.1 Å². The van der Waals surface area contributed by atoms with Gasteiger partial charge in [-0.05, 0) is 72.9 Å². The normalized spacial score (nSPS) is 19.8. The van der Waals surface area contributed by atoms with Gasteiger partial charge in [0, 0.05) is 17.0 Å². The molecule has 4 nitrogen and oxygen atoms in total. The molecule has 0 radical (unpaired) electrons. The molecule has 1 saturated carbocycles. The van der Waals surface area contributed by atoms with Crippen molar-refractivity contribution in [3.8, 4) is 11.5 Å². The summed E-state index contributed by atoms with van der Waals surface area (Å²) >= 11 is 6.26. The van der Waals surface area contributed by atoms with Gasteiger partial charge in [-0.25, -0.2) is 0 Å². The van der Waals surface area contributed by atoms with E-state index >= 15 is 0 Å². The monoisotopic (exact) mass is 435 g/mol. The molecule has 1 heterocycles. The fourth-order valence-corrected chi connectivity index (χ4v) is 4.91. The van der Waals surface area contributed by atoms with Gasteiger partial charge in [0.25, 0.3) is 0 Å². The van der Waals surface area contributed by atoms with Crippen LogP contribution in [-0.2, 0) is 4.79 Å². The number of carbonyl (C=O) groups excluding carboxylic acids is 1. The Balaban J connectivity index is 1.39. The minimum atomic E-state index is -0.269. The van der Waals surface area contributed by atoms with Crippen molar-refractivity contribution < 1.29 is 14.3 Å². The third kappa shape index (κ3) is 3.74. The van der Waals surface area contributed by atoms with Gasteiger partial charge >= 0.3 is 0 Å². The van der Waals surface area contributed by atoms with Crippen LogP contribution in [0.4, 0.5) is 0 Å². The van der Waals surface area contributed by atoms with E-state index in [0.717, 1.165) is 52.7 Å². The largest absolute Gasteiger partial charge is 0.497 e. The Morgan fingerprint density at radius 2 is 1.90 bits per heavy atom. The number of fused-ring (bicyclic) bond motifs is 2. The van der Waals surface area contributed by atoms with Crippen molar-refractivity contribution in [2.45, 2.75) is 50.2 Å². The lowest BCUT2D eigenvalue weighted by molar-refractivity contribution is -0.124. The van der Waals surface area contributed by atoms with Crippen LogP contribution in [0.3, 0.4) is 0 Å². The maximum absolute atomic E-state index is 13.3. The highest BCUT2D eigenvalue weighted by molar-refractivity contribution is 6.30. The second-order valence-corrected chi connectivity index (χ2v) is 9.22. The zero-order valence-corrected chi connectivity index (χ0v) is 18.5. The molecule has 0 aromatic heterocycles. The lowest BCUT2D eigenvalue weighted by Gasteiger charge is -2.48. The summed E-state index contributed by atoms with van der Waals surface area (Å²) < 4.78 is 11.6. The van der Waals surface area contributed by atoms with E-state index in [0.29, 0.717) is 5.02 Å². The van der Waals surface area contributed by atoms with Crippen molar-refractivity contribution in [2.24, 2.45) is 0 Å². The average molecular weight is 436 g/mol. The van der Waals surface area contributed by atoms with Gasteiger partial charge in [0.2, 0.25) is 5.91 Å². The van der Waals surface area contributed by atoms with Crippen molar-refractivity contribution in [1.29, 1.82) is 0 Å². The molecule has 2 atom stereocenters. The second kappa shape index (κ2) is 7.76. The van der Waals surface area contributed by atoms with E-state index in [2.05, 4.69) is 11.4 Å². The van der Waals surface area contributed by atoms with Crippen molar-refractivity contribution in [3.63, 3.8) is 0 Å². The van der Waals surface area contributed by atoms with Crippen LogP contribution in [0, 0.1) is 0 Å². The number of ether oxygens (including phenoxy) is 2. The smallest absolute Gasteiger partial charge is 0.227 e. The second-order valence-electron chi connectivity index (χ2n) is 8.78. The number of nitrogens with one attached hydrogen (secondary N) is 1. The predicted molar refractivity (Wildman–Crippen MR) is 123 cm³/mol. The average Bonchev–Trinajstić information content (AvgIpc) is 2.76. The number of hydrogen-bond acceptors (Lipinski definition) is 3. The third-order valence-corrected chi connectivity index (χ3v) is 7.03. The number of benzene rings is 3. The zero-order chi connectivity index (χ0) is 21.6. The van der Waals surface area contributed by atoms with Crippen LogP contribution in [-0.4, -0.2) is 18.6 Å². The number of methoxy groups -OCH3 is 1. The van der Waals surface area contributed by atoms with E-state index in [-0.39, 0.29) is 23.5 Å². The fraction of sp³-hybridized carbons (Fsp3) is 0.346. The van der Waals surface area contributed by atoms with Crippen LogP contribution in [0.25, 0.3) is 10.8 Å². The molecule has 1 fully saturated rings. The quantitative estimate of drug-likeness (QED) is 0.533. The van der Waals surface area contributed by atoms with Crippen LogP contribution in [0.15, 0.2) is 54.6 Å². The molecule has 0 bridgehead atoms. The molecule has 31 heavy (non-hydrogen) atoms. The summed E-state index contributed by atoms with van der Waals surface area (Å²) in [5, 5.41) is 6.13. The predicted octanol–water partition coefficient (Wildman–Crippen LogP) is 6.17. The van der Waals surface area contributed by atoms with Gasteiger partial charge in [0.15, 0.2) is 0 Å². The van der Waals surface area contributed by atoms with Crippen molar-refractivity contribution in [3.05, 3.63) is 70.7 Å². The highest BCUT2D eigenvalue weighted by Gasteiger charge is 2.46. The summed E-state index contributed by atoms with van der Waals surface area (Å²) in [5.74, 6) is 1.41. The van der Waals surface area contributed by atoms with E-state index in [1.54, 1.807) is 7.11 Å². The van der Waals surface area contributed by atoms with E-state index in [1.807, 2.05) is 55.5 Å². The minimum absolute atomic E-state index is 0.0140. The fourth-order valence-electron chi connectivity index (χ4n) is 4.73. The van der Waals surface area contributed by atoms with Crippen molar-refractivity contribution in [2.75, 3.05) is 7.11 Å². The molecule has 1 N–H and O–H groups in total. The summed E-state index contributed by atoms with van der Waals surface area (Å²) in [5.41, 5.74) is 1.81. The van der Waals surface area contributed by atoms with Crippen LogP contribution >= 0.6 is 11.6 Å². The van der Waals surface area contributed by atoms with Crippen LogP contribution in [0.1, 0.15) is 55.7 Å².